The standard InChI is InChI=1S/C18H22ClN5O2S/c1-12-20-18-24(21-12)17(26)16(27-18)15(13-2-4-14(19)5-3-13)23-8-6-22(7-9-23)10-11-25/h2-5,15,25-26H,6-11H2,1H3/t15-/m1/s1. The molecule has 0 spiro atoms. The summed E-state index contributed by atoms with van der Waals surface area (Å²) < 4.78 is 1.51. The molecule has 2 N–H and O–H groups in total. The van der Waals surface area contributed by atoms with Crippen LogP contribution in [0.4, 0.5) is 0 Å². The van der Waals surface area contributed by atoms with Crippen LogP contribution in [0.1, 0.15) is 22.3 Å². The summed E-state index contributed by atoms with van der Waals surface area (Å²) in [6.07, 6.45) is 0. The summed E-state index contributed by atoms with van der Waals surface area (Å²) in [5, 5.41) is 25.0. The molecule has 0 amide bonds. The number of fused-ring (bicyclic) bond motifs is 1. The van der Waals surface area contributed by atoms with Gasteiger partial charge in [0, 0.05) is 37.7 Å². The second-order valence-corrected chi connectivity index (χ2v) is 8.14. The average Bonchev–Trinajstić information content (AvgIpc) is 3.16. The maximum Gasteiger partial charge on any atom is 0.230 e. The van der Waals surface area contributed by atoms with Crippen LogP contribution in [0.25, 0.3) is 4.96 Å². The Bertz CT molecular complexity index is 918. The normalized spacial score (nSPS) is 17.6. The molecule has 0 saturated carbocycles. The van der Waals surface area contributed by atoms with Gasteiger partial charge in [-0.25, -0.2) is 4.98 Å². The molecule has 1 aliphatic heterocycles. The molecule has 1 fully saturated rings. The van der Waals surface area contributed by atoms with Gasteiger partial charge in [0.05, 0.1) is 17.5 Å². The number of halogens is 1. The van der Waals surface area contributed by atoms with Gasteiger partial charge in [0.1, 0.15) is 5.82 Å². The first-order valence-electron chi connectivity index (χ1n) is 8.94. The summed E-state index contributed by atoms with van der Waals surface area (Å²) in [5.74, 6) is 0.789. The summed E-state index contributed by atoms with van der Waals surface area (Å²) >= 11 is 7.55. The Morgan fingerprint density at radius 3 is 2.52 bits per heavy atom. The molecule has 1 saturated heterocycles. The SMILES string of the molecule is Cc1nc2sc([C@@H](c3ccc(Cl)cc3)N3CCN(CCO)CC3)c(O)n2n1. The van der Waals surface area contributed by atoms with Gasteiger partial charge < -0.3 is 10.2 Å². The van der Waals surface area contributed by atoms with Crippen molar-refractivity contribution < 1.29 is 10.2 Å². The predicted octanol–water partition coefficient (Wildman–Crippen LogP) is 2.16. The Balaban J connectivity index is 1.70. The zero-order valence-corrected chi connectivity index (χ0v) is 16.6. The van der Waals surface area contributed by atoms with Gasteiger partial charge in [-0.1, -0.05) is 35.1 Å². The van der Waals surface area contributed by atoms with Crippen LogP contribution < -0.4 is 0 Å². The van der Waals surface area contributed by atoms with Crippen LogP contribution in [0.15, 0.2) is 24.3 Å². The van der Waals surface area contributed by atoms with Crippen LogP contribution >= 0.6 is 22.9 Å². The van der Waals surface area contributed by atoms with Gasteiger partial charge in [0.2, 0.25) is 10.8 Å². The molecule has 0 radical (unpaired) electrons. The van der Waals surface area contributed by atoms with Crippen molar-refractivity contribution in [2.24, 2.45) is 0 Å². The van der Waals surface area contributed by atoms with Crippen molar-refractivity contribution >= 4 is 27.9 Å². The molecule has 9 heteroatoms. The van der Waals surface area contributed by atoms with Gasteiger partial charge in [-0.2, -0.15) is 4.52 Å². The number of rotatable bonds is 5. The van der Waals surface area contributed by atoms with Crippen molar-refractivity contribution in [3.8, 4) is 5.88 Å². The predicted molar refractivity (Wildman–Crippen MR) is 106 cm³/mol. The number of aliphatic hydroxyl groups excluding tert-OH is 1. The van der Waals surface area contributed by atoms with Crippen LogP contribution in [0.5, 0.6) is 5.88 Å². The van der Waals surface area contributed by atoms with Crippen LogP contribution in [0.2, 0.25) is 5.02 Å². The highest BCUT2D eigenvalue weighted by molar-refractivity contribution is 7.17. The molecule has 2 aromatic heterocycles. The molecule has 4 rings (SSSR count). The number of thiazole rings is 1. The smallest absolute Gasteiger partial charge is 0.230 e. The Labute approximate surface area is 166 Å². The first-order chi connectivity index (χ1) is 13.1. The van der Waals surface area contributed by atoms with Crippen molar-refractivity contribution in [2.75, 3.05) is 39.3 Å². The minimum atomic E-state index is -0.0904. The lowest BCUT2D eigenvalue weighted by molar-refractivity contribution is 0.0945. The molecule has 27 heavy (non-hydrogen) atoms. The Kier molecular flexibility index (Phi) is 5.34. The maximum absolute atomic E-state index is 10.8. The Hall–Kier alpha value is -1.71. The molecule has 7 nitrogen and oxygen atoms in total. The number of β-amino-alcohol motifs (C(OH)–C–C–N with tert-alkyl or cyclic N) is 1. The molecular formula is C18H22ClN5O2S. The van der Waals surface area contributed by atoms with Gasteiger partial charge in [-0.3, -0.25) is 9.80 Å². The van der Waals surface area contributed by atoms with E-state index in [2.05, 4.69) is 19.9 Å². The Morgan fingerprint density at radius 1 is 1.19 bits per heavy atom. The number of aryl methyl sites for hydroxylation is 1. The molecular weight excluding hydrogens is 386 g/mol. The topological polar surface area (TPSA) is 77.1 Å². The minimum absolute atomic E-state index is 0.0904. The van der Waals surface area contributed by atoms with Crippen molar-refractivity contribution in [1.29, 1.82) is 0 Å². The zero-order chi connectivity index (χ0) is 19.0. The van der Waals surface area contributed by atoms with E-state index in [4.69, 9.17) is 11.6 Å². The van der Waals surface area contributed by atoms with E-state index < -0.39 is 0 Å². The van der Waals surface area contributed by atoms with Crippen LogP contribution in [-0.4, -0.2) is 73.9 Å². The second kappa shape index (κ2) is 7.73. The molecule has 0 aliphatic carbocycles. The summed E-state index contributed by atoms with van der Waals surface area (Å²) in [5.41, 5.74) is 1.08. The molecule has 3 aromatic rings. The van der Waals surface area contributed by atoms with Gasteiger partial charge in [-0.05, 0) is 24.6 Å². The van der Waals surface area contributed by atoms with Crippen LogP contribution in [-0.2, 0) is 0 Å². The first-order valence-corrected chi connectivity index (χ1v) is 10.1. The summed E-state index contributed by atoms with van der Waals surface area (Å²) in [6, 6.07) is 7.68. The van der Waals surface area contributed by atoms with E-state index in [1.165, 1.54) is 15.9 Å². The lowest BCUT2D eigenvalue weighted by Gasteiger charge is -2.39. The number of hydrogen-bond donors (Lipinski definition) is 2. The van der Waals surface area contributed by atoms with Crippen LogP contribution in [0, 0.1) is 6.92 Å². The van der Waals surface area contributed by atoms with Gasteiger partial charge in [-0.15, -0.1) is 5.10 Å². The molecule has 3 heterocycles. The van der Waals surface area contributed by atoms with Gasteiger partial charge >= 0.3 is 0 Å². The quantitative estimate of drug-likeness (QED) is 0.675. The molecule has 1 atom stereocenters. The molecule has 1 aromatic carbocycles. The van der Waals surface area contributed by atoms with E-state index in [9.17, 15) is 10.2 Å². The third kappa shape index (κ3) is 3.68. The zero-order valence-electron chi connectivity index (χ0n) is 15.0. The largest absolute Gasteiger partial charge is 0.492 e. The van der Waals surface area contributed by atoms with Gasteiger partial charge in [0.25, 0.3) is 0 Å². The fourth-order valence-electron chi connectivity index (χ4n) is 3.59. The lowest BCUT2D eigenvalue weighted by Crippen LogP contribution is -2.48. The highest BCUT2D eigenvalue weighted by Gasteiger charge is 2.31. The van der Waals surface area contributed by atoms with Crippen molar-refractivity contribution in [3.05, 3.63) is 45.6 Å². The Morgan fingerprint density at radius 2 is 1.89 bits per heavy atom. The van der Waals surface area contributed by atoms with Crippen molar-refractivity contribution in [2.45, 2.75) is 13.0 Å². The number of benzene rings is 1. The van der Waals surface area contributed by atoms with Crippen LogP contribution in [0.3, 0.4) is 0 Å². The summed E-state index contributed by atoms with van der Waals surface area (Å²) in [6.45, 7) is 6.14. The third-order valence-corrected chi connectivity index (χ3v) is 6.25. The highest BCUT2D eigenvalue weighted by atomic mass is 35.5. The molecule has 0 unspecified atom stereocenters. The van der Waals surface area contributed by atoms with E-state index in [0.717, 1.165) is 36.6 Å². The number of aromatic hydroxyl groups is 1. The average molecular weight is 408 g/mol. The number of hydrogen-bond acceptors (Lipinski definition) is 7. The molecule has 144 valence electrons. The van der Waals surface area contributed by atoms with E-state index in [1.54, 1.807) is 0 Å². The van der Waals surface area contributed by atoms with E-state index >= 15 is 0 Å². The van der Waals surface area contributed by atoms with Crippen molar-refractivity contribution in [3.63, 3.8) is 0 Å². The highest BCUT2D eigenvalue weighted by Crippen LogP contribution is 2.40. The lowest BCUT2D eigenvalue weighted by atomic mass is 10.0. The fourth-order valence-corrected chi connectivity index (χ4v) is 4.87. The first kappa shape index (κ1) is 18.6. The second-order valence-electron chi connectivity index (χ2n) is 6.70. The van der Waals surface area contributed by atoms with E-state index in [1.807, 2.05) is 31.2 Å². The fraction of sp³-hybridized carbons (Fsp3) is 0.444. The minimum Gasteiger partial charge on any atom is -0.492 e. The maximum atomic E-state index is 10.8. The van der Waals surface area contributed by atoms with Gasteiger partial charge in [0.15, 0.2) is 0 Å². The molecule has 0 bridgehead atoms. The van der Waals surface area contributed by atoms with E-state index in [-0.39, 0.29) is 18.5 Å². The van der Waals surface area contributed by atoms with E-state index in [0.29, 0.717) is 22.4 Å². The monoisotopic (exact) mass is 407 g/mol. The number of aromatic nitrogens is 3. The number of piperazine rings is 1. The third-order valence-electron chi connectivity index (χ3n) is 4.93. The summed E-state index contributed by atoms with van der Waals surface area (Å²) in [4.78, 5) is 10.5. The number of aliphatic hydroxyl groups is 1. The molecule has 1 aliphatic rings. The van der Waals surface area contributed by atoms with Crippen molar-refractivity contribution in [1.82, 2.24) is 24.4 Å². The number of nitrogens with zero attached hydrogens (tertiary/aromatic N) is 5. The summed E-state index contributed by atoms with van der Waals surface area (Å²) in [7, 11) is 0.